The van der Waals surface area contributed by atoms with Gasteiger partial charge in [-0.2, -0.15) is 0 Å². The van der Waals surface area contributed by atoms with Crippen molar-refractivity contribution in [2.75, 3.05) is 0 Å². The number of hydrogen-bond donors (Lipinski definition) is 0. The third-order valence-corrected chi connectivity index (χ3v) is 9.75. The molecule has 3 aliphatic heterocycles. The van der Waals surface area contributed by atoms with Crippen LogP contribution < -0.4 is 15.7 Å². The summed E-state index contributed by atoms with van der Waals surface area (Å²) in [6.45, 7) is 16.6. The van der Waals surface area contributed by atoms with Crippen molar-refractivity contribution in [3.63, 3.8) is 0 Å². The summed E-state index contributed by atoms with van der Waals surface area (Å²) in [4.78, 5) is 0. The molecule has 2 saturated heterocycles. The highest BCUT2D eigenvalue weighted by atomic mass is 16.7. The predicted molar refractivity (Wildman–Crippen MR) is 164 cm³/mol. The fraction of sp³-hybridized carbons (Fsp3) is 0.394. The summed E-state index contributed by atoms with van der Waals surface area (Å²) in [7, 11) is -0.878. The van der Waals surface area contributed by atoms with E-state index in [4.69, 9.17) is 23.4 Å². The van der Waals surface area contributed by atoms with E-state index < -0.39 is 36.6 Å². The summed E-state index contributed by atoms with van der Waals surface area (Å²) in [6.07, 6.45) is -0.326. The van der Waals surface area contributed by atoms with Gasteiger partial charge in [0.25, 0.3) is 0 Å². The van der Waals surface area contributed by atoms with Crippen LogP contribution in [-0.2, 0) is 18.6 Å². The standard InChI is InChI=1S/C33H37B2NO5/c1-30(2)31(3,4)39-34(38-30)23-15-17-26-22(18-23)19-27-25-16-14-24(35-40-32(5,6)33(7,8)41-35)20-28(25)37-29(36(26)27)21-12-10-9-11-13-21/h9-20,29H,1-8H3. The van der Waals surface area contributed by atoms with Crippen molar-refractivity contribution in [2.45, 2.75) is 84.0 Å². The van der Waals surface area contributed by atoms with E-state index in [-0.39, 0.29) is 6.23 Å². The molecule has 2 fully saturated rings. The second-order valence-corrected chi connectivity index (χ2v) is 13.5. The van der Waals surface area contributed by atoms with Crippen LogP contribution in [0.25, 0.3) is 22.2 Å². The lowest BCUT2D eigenvalue weighted by molar-refractivity contribution is 0.00578. The van der Waals surface area contributed by atoms with Gasteiger partial charge < -0.3 is 27.9 Å². The number of hydrogen-bond acceptors (Lipinski definition) is 5. The smallest absolute Gasteiger partial charge is 0.465 e. The van der Waals surface area contributed by atoms with Crippen molar-refractivity contribution >= 4 is 36.1 Å². The summed E-state index contributed by atoms with van der Waals surface area (Å²) in [5, 5.41) is 1.11. The Hall–Kier alpha value is -3.03. The predicted octanol–water partition coefficient (Wildman–Crippen LogP) is 5.85. The zero-order chi connectivity index (χ0) is 28.9. The summed E-state index contributed by atoms with van der Waals surface area (Å²) in [5.41, 5.74) is 4.63. The maximum Gasteiger partial charge on any atom is 0.494 e. The van der Waals surface area contributed by atoms with E-state index in [0.29, 0.717) is 0 Å². The minimum absolute atomic E-state index is 0.326. The highest BCUT2D eigenvalue weighted by Gasteiger charge is 2.53. The van der Waals surface area contributed by atoms with Crippen LogP contribution in [0.4, 0.5) is 0 Å². The van der Waals surface area contributed by atoms with Crippen molar-refractivity contribution in [2.24, 2.45) is 0 Å². The average molecular weight is 549 g/mol. The Morgan fingerprint density at radius 3 is 1.73 bits per heavy atom. The van der Waals surface area contributed by atoms with Crippen LogP contribution in [0.5, 0.6) is 5.75 Å². The first kappa shape index (κ1) is 26.8. The fourth-order valence-corrected chi connectivity index (χ4v) is 5.82. The molecule has 0 amide bonds. The van der Waals surface area contributed by atoms with Gasteiger partial charge in [-0.15, -0.1) is 0 Å². The normalized spacial score (nSPS) is 23.4. The first-order valence-electron chi connectivity index (χ1n) is 14.5. The van der Waals surface area contributed by atoms with Gasteiger partial charge >= 0.3 is 14.2 Å². The second kappa shape index (κ2) is 8.74. The topological polar surface area (TPSA) is 51.1 Å². The molecule has 1 atom stereocenters. The fourth-order valence-electron chi connectivity index (χ4n) is 5.82. The van der Waals surface area contributed by atoms with Gasteiger partial charge in [-0.25, -0.2) is 0 Å². The van der Waals surface area contributed by atoms with Crippen LogP contribution in [0.1, 0.15) is 67.2 Å². The monoisotopic (exact) mass is 549 g/mol. The Bertz CT molecular complexity index is 1630. The molecule has 7 rings (SSSR count). The van der Waals surface area contributed by atoms with Crippen LogP contribution in [0.3, 0.4) is 0 Å². The maximum absolute atomic E-state index is 6.80. The number of nitrogens with zero attached hydrogens (tertiary/aromatic N) is 1. The van der Waals surface area contributed by atoms with E-state index in [2.05, 4.69) is 127 Å². The Morgan fingerprint density at radius 1 is 0.610 bits per heavy atom. The number of ether oxygens (including phenoxy) is 1. The van der Waals surface area contributed by atoms with E-state index >= 15 is 0 Å². The van der Waals surface area contributed by atoms with Gasteiger partial charge in [0, 0.05) is 16.5 Å². The Labute approximate surface area is 243 Å². The largest absolute Gasteiger partial charge is 0.494 e. The molecule has 0 spiro atoms. The SMILES string of the molecule is CC1(C)OB(c2ccc3c(c2)OC(c2ccccc2)n2c-3cc3cc(B4OC(C)(C)C(C)(C)O4)ccc32)OC1(C)C. The van der Waals surface area contributed by atoms with Crippen LogP contribution >= 0.6 is 0 Å². The zero-order valence-electron chi connectivity index (χ0n) is 25.1. The van der Waals surface area contributed by atoms with Gasteiger partial charge in [-0.3, -0.25) is 0 Å². The molecule has 1 unspecified atom stereocenters. The summed E-state index contributed by atoms with van der Waals surface area (Å²) < 4.78 is 34.5. The van der Waals surface area contributed by atoms with Gasteiger partial charge in [0.1, 0.15) is 5.75 Å². The molecule has 1 aromatic heterocycles. The number of fused-ring (bicyclic) bond motifs is 5. The highest BCUT2D eigenvalue weighted by molar-refractivity contribution is 6.62. The van der Waals surface area contributed by atoms with Crippen molar-refractivity contribution in [1.82, 2.24) is 4.57 Å². The number of rotatable bonds is 3. The first-order valence-corrected chi connectivity index (χ1v) is 14.5. The summed E-state index contributed by atoms with van der Waals surface area (Å²) in [5.74, 6) is 0.813. The average Bonchev–Trinajstić information content (AvgIpc) is 3.48. The minimum Gasteiger partial charge on any atom is -0.465 e. The van der Waals surface area contributed by atoms with Crippen LogP contribution in [-0.4, -0.2) is 41.2 Å². The Balaban J connectivity index is 1.33. The molecule has 4 aromatic rings. The summed E-state index contributed by atoms with van der Waals surface area (Å²) in [6, 6.07) is 25.3. The van der Waals surface area contributed by atoms with Crippen molar-refractivity contribution in [1.29, 1.82) is 0 Å². The van der Waals surface area contributed by atoms with E-state index in [1.165, 1.54) is 0 Å². The summed E-state index contributed by atoms with van der Waals surface area (Å²) >= 11 is 0. The van der Waals surface area contributed by atoms with Gasteiger partial charge in [-0.1, -0.05) is 48.5 Å². The van der Waals surface area contributed by atoms with E-state index in [1.807, 2.05) is 6.07 Å². The molecule has 0 saturated carbocycles. The quantitative estimate of drug-likeness (QED) is 0.301. The molecule has 210 valence electrons. The maximum atomic E-state index is 6.80. The third-order valence-electron chi connectivity index (χ3n) is 9.75. The number of aromatic nitrogens is 1. The van der Waals surface area contributed by atoms with E-state index in [1.54, 1.807) is 0 Å². The molecule has 0 radical (unpaired) electrons. The van der Waals surface area contributed by atoms with Crippen molar-refractivity contribution < 1.29 is 23.4 Å². The lowest BCUT2D eigenvalue weighted by Gasteiger charge is -2.32. The van der Waals surface area contributed by atoms with Gasteiger partial charge in [0.2, 0.25) is 6.23 Å². The molecule has 41 heavy (non-hydrogen) atoms. The molecule has 3 aliphatic rings. The molecule has 4 heterocycles. The Morgan fingerprint density at radius 2 is 1.15 bits per heavy atom. The lowest BCUT2D eigenvalue weighted by Crippen LogP contribution is -2.41. The van der Waals surface area contributed by atoms with E-state index in [0.717, 1.165) is 44.4 Å². The van der Waals surface area contributed by atoms with Crippen LogP contribution in [0.15, 0.2) is 72.8 Å². The lowest BCUT2D eigenvalue weighted by atomic mass is 9.78. The van der Waals surface area contributed by atoms with Crippen LogP contribution in [0.2, 0.25) is 0 Å². The Kier molecular flexibility index (Phi) is 5.72. The van der Waals surface area contributed by atoms with E-state index in [9.17, 15) is 0 Å². The molecule has 0 bridgehead atoms. The molecule has 0 N–H and O–H groups in total. The third kappa shape index (κ3) is 4.10. The van der Waals surface area contributed by atoms with Gasteiger partial charge in [0.15, 0.2) is 0 Å². The number of benzene rings is 3. The first-order chi connectivity index (χ1) is 19.3. The zero-order valence-corrected chi connectivity index (χ0v) is 25.1. The molecule has 8 heteroatoms. The van der Waals surface area contributed by atoms with Gasteiger partial charge in [-0.05, 0) is 90.6 Å². The second-order valence-electron chi connectivity index (χ2n) is 13.5. The molecular formula is C33H37B2NO5. The van der Waals surface area contributed by atoms with Crippen molar-refractivity contribution in [3.05, 3.63) is 78.4 Å². The van der Waals surface area contributed by atoms with Crippen LogP contribution in [0, 0.1) is 0 Å². The molecule has 3 aromatic carbocycles. The highest BCUT2D eigenvalue weighted by Crippen LogP contribution is 2.45. The molecule has 0 aliphatic carbocycles. The van der Waals surface area contributed by atoms with Gasteiger partial charge in [0.05, 0.1) is 33.6 Å². The minimum atomic E-state index is -0.459. The van der Waals surface area contributed by atoms with Crippen molar-refractivity contribution in [3.8, 4) is 17.0 Å². The molecule has 6 nitrogen and oxygen atoms in total. The molecular weight excluding hydrogens is 512 g/mol.